The summed E-state index contributed by atoms with van der Waals surface area (Å²) < 4.78 is 5.20. The second kappa shape index (κ2) is 4.96. The van der Waals surface area contributed by atoms with Crippen molar-refractivity contribution >= 4 is 17.7 Å². The number of amides is 1. The summed E-state index contributed by atoms with van der Waals surface area (Å²) in [7, 11) is 1.57. The van der Waals surface area contributed by atoms with Gasteiger partial charge in [0.05, 0.1) is 0 Å². The zero-order valence-electron chi connectivity index (χ0n) is 10.4. The van der Waals surface area contributed by atoms with E-state index in [1.807, 2.05) is 0 Å². The average molecular weight is 239 g/mol. The van der Waals surface area contributed by atoms with Gasteiger partial charge >= 0.3 is 6.09 Å². The van der Waals surface area contributed by atoms with Gasteiger partial charge in [-0.05, 0) is 20.8 Å². The Morgan fingerprint density at radius 2 is 2.12 bits per heavy atom. The van der Waals surface area contributed by atoms with E-state index in [9.17, 15) is 4.79 Å². The van der Waals surface area contributed by atoms with Crippen molar-refractivity contribution in [2.45, 2.75) is 26.4 Å². The van der Waals surface area contributed by atoms with Gasteiger partial charge in [-0.1, -0.05) is 0 Å². The van der Waals surface area contributed by atoms with Gasteiger partial charge in [0.1, 0.15) is 23.6 Å². The quantitative estimate of drug-likeness (QED) is 0.593. The molecule has 0 aliphatic heterocycles. The van der Waals surface area contributed by atoms with Crippen LogP contribution < -0.4 is 16.2 Å². The fourth-order valence-corrected chi connectivity index (χ4v) is 1.03. The van der Waals surface area contributed by atoms with Crippen molar-refractivity contribution in [2.24, 2.45) is 5.84 Å². The molecular formula is C10H17N5O2. The average Bonchev–Trinajstić information content (AvgIpc) is 2.26. The number of nitrogen functional groups attached to an aromatic ring is 1. The van der Waals surface area contributed by atoms with Crippen molar-refractivity contribution in [1.29, 1.82) is 0 Å². The Kier molecular flexibility index (Phi) is 3.84. The molecule has 94 valence electrons. The fraction of sp³-hybridized carbons (Fsp3) is 0.500. The molecule has 1 heterocycles. The van der Waals surface area contributed by atoms with Gasteiger partial charge < -0.3 is 10.2 Å². The number of nitrogens with zero attached hydrogens (tertiary/aromatic N) is 3. The molecule has 1 rings (SSSR count). The molecule has 0 radical (unpaired) electrons. The molecule has 7 heteroatoms. The van der Waals surface area contributed by atoms with Crippen LogP contribution in [0.5, 0.6) is 0 Å². The zero-order valence-corrected chi connectivity index (χ0v) is 10.4. The molecule has 0 saturated carbocycles. The predicted molar refractivity (Wildman–Crippen MR) is 64.5 cm³/mol. The summed E-state index contributed by atoms with van der Waals surface area (Å²) in [5, 5.41) is 0. The number of hydrazine groups is 1. The minimum absolute atomic E-state index is 0.405. The lowest BCUT2D eigenvalue weighted by atomic mass is 10.2. The van der Waals surface area contributed by atoms with Gasteiger partial charge in [0.15, 0.2) is 0 Å². The highest BCUT2D eigenvalue weighted by molar-refractivity contribution is 5.86. The molecule has 0 aliphatic rings. The van der Waals surface area contributed by atoms with Crippen LogP contribution in [0, 0.1) is 0 Å². The lowest BCUT2D eigenvalue weighted by molar-refractivity contribution is 0.0588. The van der Waals surface area contributed by atoms with Crippen LogP contribution in [-0.2, 0) is 4.74 Å². The van der Waals surface area contributed by atoms with Gasteiger partial charge in [0.2, 0.25) is 0 Å². The Bertz CT molecular complexity index is 402. The van der Waals surface area contributed by atoms with Gasteiger partial charge in [-0.3, -0.25) is 4.90 Å². The van der Waals surface area contributed by atoms with E-state index < -0.39 is 11.7 Å². The molecule has 0 atom stereocenters. The fourth-order valence-electron chi connectivity index (χ4n) is 1.03. The van der Waals surface area contributed by atoms with Crippen LogP contribution in [0.4, 0.5) is 16.4 Å². The molecule has 0 unspecified atom stereocenters. The second-order valence-corrected chi connectivity index (χ2v) is 4.45. The van der Waals surface area contributed by atoms with Crippen LogP contribution in [-0.4, -0.2) is 28.7 Å². The van der Waals surface area contributed by atoms with Crippen LogP contribution in [0.1, 0.15) is 20.8 Å². The molecule has 3 N–H and O–H groups in total. The molecule has 0 saturated heterocycles. The maximum atomic E-state index is 11.8. The second-order valence-electron chi connectivity index (χ2n) is 4.45. The van der Waals surface area contributed by atoms with E-state index in [-0.39, 0.29) is 0 Å². The largest absolute Gasteiger partial charge is 0.443 e. The Morgan fingerprint density at radius 3 is 2.65 bits per heavy atom. The number of carbonyl (C=O) groups is 1. The van der Waals surface area contributed by atoms with Crippen molar-refractivity contribution in [3.05, 3.63) is 12.4 Å². The Hall–Kier alpha value is -1.89. The highest BCUT2D eigenvalue weighted by Gasteiger charge is 2.21. The predicted octanol–water partition coefficient (Wildman–Crippen LogP) is 1.13. The van der Waals surface area contributed by atoms with Gasteiger partial charge in [0.25, 0.3) is 0 Å². The number of hydrogen-bond donors (Lipinski definition) is 2. The topological polar surface area (TPSA) is 93.4 Å². The van der Waals surface area contributed by atoms with Crippen molar-refractivity contribution in [3.8, 4) is 0 Å². The molecule has 1 amide bonds. The summed E-state index contributed by atoms with van der Waals surface area (Å²) in [6, 6.07) is 1.55. The summed E-state index contributed by atoms with van der Waals surface area (Å²) in [4.78, 5) is 20.8. The third-order valence-corrected chi connectivity index (χ3v) is 1.81. The van der Waals surface area contributed by atoms with Crippen molar-refractivity contribution in [2.75, 3.05) is 17.4 Å². The first-order valence-corrected chi connectivity index (χ1v) is 5.09. The molecule has 0 spiro atoms. The van der Waals surface area contributed by atoms with E-state index in [0.717, 1.165) is 0 Å². The van der Waals surface area contributed by atoms with Gasteiger partial charge in [0, 0.05) is 13.1 Å². The van der Waals surface area contributed by atoms with E-state index in [2.05, 4.69) is 15.4 Å². The number of ether oxygens (including phenoxy) is 1. The van der Waals surface area contributed by atoms with E-state index in [4.69, 9.17) is 10.6 Å². The summed E-state index contributed by atoms with van der Waals surface area (Å²) in [5.41, 5.74) is 1.83. The first-order valence-electron chi connectivity index (χ1n) is 5.09. The van der Waals surface area contributed by atoms with Gasteiger partial charge in [-0.15, -0.1) is 0 Å². The molecule has 1 aromatic rings. The summed E-state index contributed by atoms with van der Waals surface area (Å²) in [6.45, 7) is 5.39. The Morgan fingerprint density at radius 1 is 1.47 bits per heavy atom. The van der Waals surface area contributed by atoms with E-state index >= 15 is 0 Å². The molecule has 0 fully saturated rings. The molecular weight excluding hydrogens is 222 g/mol. The van der Waals surface area contributed by atoms with E-state index in [1.54, 1.807) is 33.9 Å². The highest BCUT2D eigenvalue weighted by Crippen LogP contribution is 2.15. The Labute approximate surface area is 100.0 Å². The number of aromatic nitrogens is 2. The van der Waals surface area contributed by atoms with Crippen LogP contribution in [0.3, 0.4) is 0 Å². The Balaban J connectivity index is 2.81. The van der Waals surface area contributed by atoms with Crippen LogP contribution >= 0.6 is 0 Å². The monoisotopic (exact) mass is 239 g/mol. The minimum Gasteiger partial charge on any atom is -0.443 e. The smallest absolute Gasteiger partial charge is 0.415 e. The lowest BCUT2D eigenvalue weighted by Crippen LogP contribution is -2.34. The number of rotatable bonds is 2. The normalized spacial score (nSPS) is 10.9. The number of anilines is 2. The van der Waals surface area contributed by atoms with Gasteiger partial charge in [-0.2, -0.15) is 0 Å². The summed E-state index contributed by atoms with van der Waals surface area (Å²) >= 11 is 0. The number of hydrogen-bond acceptors (Lipinski definition) is 6. The maximum absolute atomic E-state index is 11.8. The van der Waals surface area contributed by atoms with Crippen molar-refractivity contribution in [3.63, 3.8) is 0 Å². The molecule has 0 aromatic carbocycles. The van der Waals surface area contributed by atoms with Crippen LogP contribution in [0.15, 0.2) is 12.4 Å². The lowest BCUT2D eigenvalue weighted by Gasteiger charge is -2.24. The molecule has 17 heavy (non-hydrogen) atoms. The van der Waals surface area contributed by atoms with Crippen LogP contribution in [0.25, 0.3) is 0 Å². The number of carbonyl (C=O) groups excluding carboxylic acids is 1. The highest BCUT2D eigenvalue weighted by atomic mass is 16.6. The van der Waals surface area contributed by atoms with E-state index in [1.165, 1.54) is 11.2 Å². The maximum Gasteiger partial charge on any atom is 0.415 e. The minimum atomic E-state index is -0.548. The summed E-state index contributed by atoms with van der Waals surface area (Å²) in [6.07, 6.45) is 0.824. The molecule has 0 bridgehead atoms. The summed E-state index contributed by atoms with van der Waals surface area (Å²) in [5.74, 6) is 6.05. The zero-order chi connectivity index (χ0) is 13.1. The van der Waals surface area contributed by atoms with Crippen LogP contribution in [0.2, 0.25) is 0 Å². The SMILES string of the molecule is CN(C(=O)OC(C)(C)C)c1cc(NN)ncn1. The number of nitrogens with two attached hydrogens (primary N) is 1. The first kappa shape index (κ1) is 13.2. The molecule has 7 nitrogen and oxygen atoms in total. The standard InChI is InChI=1S/C10H17N5O2/c1-10(2,3)17-9(16)15(4)8-5-7(14-11)12-6-13-8/h5-6H,11H2,1-4H3,(H,12,13,14). The van der Waals surface area contributed by atoms with Crippen molar-refractivity contribution in [1.82, 2.24) is 9.97 Å². The molecule has 0 aliphatic carbocycles. The van der Waals surface area contributed by atoms with Crippen molar-refractivity contribution < 1.29 is 9.53 Å². The van der Waals surface area contributed by atoms with Gasteiger partial charge in [-0.25, -0.2) is 20.6 Å². The third-order valence-electron chi connectivity index (χ3n) is 1.81. The first-order chi connectivity index (χ1) is 7.83. The third kappa shape index (κ3) is 3.87. The van der Waals surface area contributed by atoms with E-state index in [0.29, 0.717) is 11.6 Å². The number of nitrogens with one attached hydrogen (secondary N) is 1. The molecule has 1 aromatic heterocycles.